The molecule has 0 aliphatic heterocycles. The molecule has 1 saturated carbocycles. The van der Waals surface area contributed by atoms with Crippen molar-refractivity contribution in [3.05, 3.63) is 42.0 Å². The van der Waals surface area contributed by atoms with Crippen molar-refractivity contribution >= 4 is 33.7 Å². The zero-order valence-corrected chi connectivity index (χ0v) is 13.2. The summed E-state index contributed by atoms with van der Waals surface area (Å²) in [5.74, 6) is 1.68. The van der Waals surface area contributed by atoms with Gasteiger partial charge in [0.1, 0.15) is 4.99 Å². The number of nitrogens with two attached hydrogens (primary N) is 1. The van der Waals surface area contributed by atoms with Crippen molar-refractivity contribution < 1.29 is 0 Å². The molecule has 0 aromatic heterocycles. The van der Waals surface area contributed by atoms with Gasteiger partial charge in [-0.2, -0.15) is 0 Å². The third-order valence-electron chi connectivity index (χ3n) is 4.57. The third kappa shape index (κ3) is 3.03. The van der Waals surface area contributed by atoms with E-state index in [1.807, 2.05) is 12.1 Å². The molecule has 0 spiro atoms. The minimum Gasteiger partial charge on any atom is -0.389 e. The van der Waals surface area contributed by atoms with Gasteiger partial charge in [-0.15, -0.1) is 0 Å². The lowest BCUT2D eigenvalue weighted by Gasteiger charge is -2.15. The normalized spacial score (nSPS) is 21.6. The van der Waals surface area contributed by atoms with Crippen LogP contribution in [-0.2, 0) is 0 Å². The van der Waals surface area contributed by atoms with Crippen LogP contribution in [0.15, 0.2) is 36.4 Å². The Balaban J connectivity index is 1.86. The number of hydrogen-bond donors (Lipinski definition) is 2. The molecule has 21 heavy (non-hydrogen) atoms. The summed E-state index contributed by atoms with van der Waals surface area (Å²) in [6.07, 6.45) is 4.06. The zero-order chi connectivity index (χ0) is 14.8. The fraction of sp³-hybridized carbons (Fsp3) is 0.389. The van der Waals surface area contributed by atoms with E-state index in [-0.39, 0.29) is 0 Å². The van der Waals surface area contributed by atoms with E-state index in [1.165, 1.54) is 30.3 Å². The first kappa shape index (κ1) is 14.3. The lowest BCUT2D eigenvalue weighted by molar-refractivity contribution is 0.537. The maximum atomic E-state index is 5.83. The average molecular weight is 298 g/mol. The van der Waals surface area contributed by atoms with Gasteiger partial charge >= 0.3 is 0 Å². The Labute approximate surface area is 131 Å². The molecule has 2 atom stereocenters. The van der Waals surface area contributed by atoms with Crippen molar-refractivity contribution in [3.63, 3.8) is 0 Å². The second kappa shape index (κ2) is 6.02. The van der Waals surface area contributed by atoms with E-state index in [1.54, 1.807) is 0 Å². The van der Waals surface area contributed by atoms with Crippen molar-refractivity contribution in [2.75, 3.05) is 11.9 Å². The van der Waals surface area contributed by atoms with Gasteiger partial charge < -0.3 is 11.1 Å². The average Bonchev–Trinajstić information content (AvgIpc) is 2.90. The van der Waals surface area contributed by atoms with E-state index < -0.39 is 0 Å². The SMILES string of the molecule is CC1CCC(CNc2ccc(C(N)=S)c3ccccc23)C1. The van der Waals surface area contributed by atoms with Crippen LogP contribution in [0.5, 0.6) is 0 Å². The number of fused-ring (bicyclic) bond motifs is 1. The van der Waals surface area contributed by atoms with Gasteiger partial charge in [-0.1, -0.05) is 49.8 Å². The van der Waals surface area contributed by atoms with Crippen LogP contribution in [0.3, 0.4) is 0 Å². The van der Waals surface area contributed by atoms with Crippen molar-refractivity contribution in [1.82, 2.24) is 0 Å². The quantitative estimate of drug-likeness (QED) is 0.825. The smallest absolute Gasteiger partial charge is 0.104 e. The summed E-state index contributed by atoms with van der Waals surface area (Å²) in [6, 6.07) is 12.5. The molecule has 2 unspecified atom stereocenters. The second-order valence-corrected chi connectivity index (χ2v) is 6.68. The highest BCUT2D eigenvalue weighted by atomic mass is 32.1. The van der Waals surface area contributed by atoms with Gasteiger partial charge in [-0.3, -0.25) is 0 Å². The summed E-state index contributed by atoms with van der Waals surface area (Å²) in [7, 11) is 0. The highest BCUT2D eigenvalue weighted by Gasteiger charge is 2.21. The molecule has 3 rings (SSSR count). The molecule has 0 amide bonds. The van der Waals surface area contributed by atoms with Gasteiger partial charge in [-0.25, -0.2) is 0 Å². The summed E-state index contributed by atoms with van der Waals surface area (Å²) < 4.78 is 0. The van der Waals surface area contributed by atoms with Gasteiger partial charge in [0.25, 0.3) is 0 Å². The minimum absolute atomic E-state index is 0.461. The zero-order valence-electron chi connectivity index (χ0n) is 12.4. The van der Waals surface area contributed by atoms with E-state index in [9.17, 15) is 0 Å². The van der Waals surface area contributed by atoms with Gasteiger partial charge in [0.05, 0.1) is 0 Å². The molecule has 2 aromatic carbocycles. The lowest BCUT2D eigenvalue weighted by Crippen LogP contribution is -2.13. The number of nitrogens with one attached hydrogen (secondary N) is 1. The molecule has 1 aliphatic carbocycles. The van der Waals surface area contributed by atoms with E-state index in [4.69, 9.17) is 18.0 Å². The van der Waals surface area contributed by atoms with Crippen LogP contribution in [0.4, 0.5) is 5.69 Å². The molecule has 3 N–H and O–H groups in total. The van der Waals surface area contributed by atoms with Crippen LogP contribution in [-0.4, -0.2) is 11.5 Å². The Morgan fingerprint density at radius 2 is 1.95 bits per heavy atom. The summed E-state index contributed by atoms with van der Waals surface area (Å²) in [4.78, 5) is 0.461. The molecule has 0 heterocycles. The Hall–Kier alpha value is -1.61. The molecule has 0 bridgehead atoms. The van der Waals surface area contributed by atoms with Crippen molar-refractivity contribution in [2.24, 2.45) is 17.6 Å². The predicted octanol–water partition coefficient (Wildman–Crippen LogP) is 4.32. The Bertz CT molecular complexity index is 665. The minimum atomic E-state index is 0.461. The standard InChI is InChI=1S/C18H22N2S/c1-12-6-7-13(10-12)11-20-17-9-8-16(18(19)21)14-4-2-3-5-15(14)17/h2-5,8-9,12-13,20H,6-7,10-11H2,1H3,(H2,19,21). The first-order chi connectivity index (χ1) is 10.1. The maximum absolute atomic E-state index is 5.83. The Morgan fingerprint density at radius 1 is 1.19 bits per heavy atom. The fourth-order valence-electron chi connectivity index (χ4n) is 3.43. The Kier molecular flexibility index (Phi) is 4.11. The van der Waals surface area contributed by atoms with E-state index in [0.29, 0.717) is 4.99 Å². The van der Waals surface area contributed by atoms with Crippen LogP contribution < -0.4 is 11.1 Å². The highest BCUT2D eigenvalue weighted by Crippen LogP contribution is 2.32. The van der Waals surface area contributed by atoms with Crippen LogP contribution in [0.1, 0.15) is 31.7 Å². The van der Waals surface area contributed by atoms with Crippen LogP contribution in [0, 0.1) is 11.8 Å². The summed E-state index contributed by atoms with van der Waals surface area (Å²) >= 11 is 5.16. The molecule has 2 aromatic rings. The van der Waals surface area contributed by atoms with Gasteiger partial charge in [-0.05, 0) is 42.2 Å². The first-order valence-corrected chi connectivity index (χ1v) is 8.11. The van der Waals surface area contributed by atoms with E-state index >= 15 is 0 Å². The molecule has 3 heteroatoms. The van der Waals surface area contributed by atoms with Crippen molar-refractivity contribution in [3.8, 4) is 0 Å². The molecule has 1 fully saturated rings. The topological polar surface area (TPSA) is 38.0 Å². The lowest BCUT2D eigenvalue weighted by atomic mass is 10.0. The van der Waals surface area contributed by atoms with E-state index in [0.717, 1.165) is 29.3 Å². The molecule has 0 saturated heterocycles. The number of anilines is 1. The summed E-state index contributed by atoms with van der Waals surface area (Å²) in [5.41, 5.74) is 7.97. The number of benzene rings is 2. The number of rotatable bonds is 4. The van der Waals surface area contributed by atoms with Gasteiger partial charge in [0.2, 0.25) is 0 Å². The second-order valence-electron chi connectivity index (χ2n) is 6.24. The van der Waals surface area contributed by atoms with Crippen LogP contribution in [0.2, 0.25) is 0 Å². The maximum Gasteiger partial charge on any atom is 0.104 e. The largest absolute Gasteiger partial charge is 0.389 e. The molecular weight excluding hydrogens is 276 g/mol. The number of thiocarbonyl (C=S) groups is 1. The summed E-state index contributed by atoms with van der Waals surface area (Å²) in [5, 5.41) is 5.97. The van der Waals surface area contributed by atoms with E-state index in [2.05, 4.69) is 36.5 Å². The predicted molar refractivity (Wildman–Crippen MR) is 94.8 cm³/mol. The monoisotopic (exact) mass is 298 g/mol. The van der Waals surface area contributed by atoms with Crippen LogP contribution in [0.25, 0.3) is 10.8 Å². The highest BCUT2D eigenvalue weighted by molar-refractivity contribution is 7.80. The Morgan fingerprint density at radius 3 is 2.62 bits per heavy atom. The first-order valence-electron chi connectivity index (χ1n) is 7.70. The van der Waals surface area contributed by atoms with Crippen LogP contribution >= 0.6 is 12.2 Å². The molecule has 1 aliphatic rings. The van der Waals surface area contributed by atoms with Gasteiger partial charge in [0, 0.05) is 23.2 Å². The van der Waals surface area contributed by atoms with Crippen molar-refractivity contribution in [2.45, 2.75) is 26.2 Å². The number of hydrogen-bond acceptors (Lipinski definition) is 2. The molecular formula is C18H22N2S. The van der Waals surface area contributed by atoms with Gasteiger partial charge in [0.15, 0.2) is 0 Å². The van der Waals surface area contributed by atoms with Crippen molar-refractivity contribution in [1.29, 1.82) is 0 Å². The molecule has 110 valence electrons. The molecule has 2 nitrogen and oxygen atoms in total. The fourth-order valence-corrected chi connectivity index (χ4v) is 3.61. The molecule has 0 radical (unpaired) electrons. The summed E-state index contributed by atoms with van der Waals surface area (Å²) in [6.45, 7) is 3.41. The third-order valence-corrected chi connectivity index (χ3v) is 4.79.